The predicted molar refractivity (Wildman–Crippen MR) is 52.2 cm³/mol. The lowest BCUT2D eigenvalue weighted by Gasteiger charge is -1.98. The summed E-state index contributed by atoms with van der Waals surface area (Å²) in [5.41, 5.74) is 5.50. The highest BCUT2D eigenvalue weighted by molar-refractivity contribution is 14.1. The first-order valence-electron chi connectivity index (χ1n) is 3.50. The molecular weight excluding hydrogens is 255 g/mol. The van der Waals surface area contributed by atoms with Gasteiger partial charge in [0.25, 0.3) is 0 Å². The summed E-state index contributed by atoms with van der Waals surface area (Å²) < 4.78 is 5.98. The van der Waals surface area contributed by atoms with E-state index in [0.717, 1.165) is 15.8 Å². The molecule has 0 bridgehead atoms. The highest BCUT2D eigenvalue weighted by atomic mass is 127. The summed E-state index contributed by atoms with van der Waals surface area (Å²) in [7, 11) is 0. The molecule has 0 spiro atoms. The van der Waals surface area contributed by atoms with Crippen LogP contribution >= 0.6 is 22.6 Å². The second-order valence-electron chi connectivity index (χ2n) is 2.90. The van der Waals surface area contributed by atoms with Crippen molar-refractivity contribution in [1.82, 2.24) is 5.16 Å². The van der Waals surface area contributed by atoms with Crippen molar-refractivity contribution in [2.45, 2.75) is 20.3 Å². The van der Waals surface area contributed by atoms with Gasteiger partial charge in [-0.25, -0.2) is 0 Å². The molecule has 3 nitrogen and oxygen atoms in total. The highest BCUT2D eigenvalue weighted by Gasteiger charge is 2.11. The molecule has 0 fully saturated rings. The molecule has 62 valence electrons. The predicted octanol–water partition coefficient (Wildman–Crippen LogP) is 2.06. The van der Waals surface area contributed by atoms with Crippen molar-refractivity contribution in [3.8, 4) is 0 Å². The first-order chi connectivity index (χ1) is 5.11. The number of rotatable bonds is 2. The van der Waals surface area contributed by atoms with Crippen molar-refractivity contribution >= 4 is 28.4 Å². The van der Waals surface area contributed by atoms with Crippen LogP contribution in [0.3, 0.4) is 0 Å². The van der Waals surface area contributed by atoms with Gasteiger partial charge in [-0.1, -0.05) is 19.0 Å². The van der Waals surface area contributed by atoms with E-state index in [1.807, 2.05) is 0 Å². The summed E-state index contributed by atoms with van der Waals surface area (Å²) in [5, 5.41) is 3.66. The van der Waals surface area contributed by atoms with Gasteiger partial charge in [0.15, 0.2) is 11.6 Å². The Kier molecular flexibility index (Phi) is 2.75. The third-order valence-corrected chi connectivity index (χ3v) is 2.47. The summed E-state index contributed by atoms with van der Waals surface area (Å²) in [5.74, 6) is 1.98. The summed E-state index contributed by atoms with van der Waals surface area (Å²) in [6, 6.07) is 0. The number of aromatic nitrogens is 1. The van der Waals surface area contributed by atoms with Crippen molar-refractivity contribution < 1.29 is 4.52 Å². The van der Waals surface area contributed by atoms with E-state index in [0.29, 0.717) is 11.7 Å². The number of nitrogen functional groups attached to an aromatic ring is 1. The lowest BCUT2D eigenvalue weighted by atomic mass is 10.1. The summed E-state index contributed by atoms with van der Waals surface area (Å²) in [4.78, 5) is 0. The van der Waals surface area contributed by atoms with Gasteiger partial charge in [0.05, 0.1) is 3.57 Å². The molecule has 0 aliphatic rings. The maximum atomic E-state index is 5.50. The van der Waals surface area contributed by atoms with Crippen LogP contribution in [0.25, 0.3) is 0 Å². The molecule has 1 heterocycles. The Hall–Kier alpha value is -0.260. The molecule has 1 rings (SSSR count). The first-order valence-corrected chi connectivity index (χ1v) is 4.58. The summed E-state index contributed by atoms with van der Waals surface area (Å²) >= 11 is 2.15. The van der Waals surface area contributed by atoms with E-state index < -0.39 is 0 Å². The van der Waals surface area contributed by atoms with Gasteiger partial charge in [-0.15, -0.1) is 0 Å². The van der Waals surface area contributed by atoms with Gasteiger partial charge in [0.1, 0.15) is 0 Å². The number of nitrogens with two attached hydrogens (primary N) is 1. The van der Waals surface area contributed by atoms with E-state index in [2.05, 4.69) is 41.6 Å². The van der Waals surface area contributed by atoms with Gasteiger partial charge >= 0.3 is 0 Å². The average Bonchev–Trinajstić information content (AvgIpc) is 2.18. The maximum absolute atomic E-state index is 5.50. The van der Waals surface area contributed by atoms with Crippen LogP contribution < -0.4 is 5.73 Å². The van der Waals surface area contributed by atoms with Crippen molar-refractivity contribution in [1.29, 1.82) is 0 Å². The Labute approximate surface area is 79.5 Å². The van der Waals surface area contributed by atoms with E-state index in [-0.39, 0.29) is 0 Å². The minimum Gasteiger partial charge on any atom is -0.380 e. The minimum absolute atomic E-state index is 0.501. The zero-order valence-electron chi connectivity index (χ0n) is 6.60. The molecule has 1 aromatic rings. The Morgan fingerprint density at radius 1 is 1.64 bits per heavy atom. The molecule has 0 saturated heterocycles. The molecule has 0 amide bonds. The summed E-state index contributed by atoms with van der Waals surface area (Å²) in [6.07, 6.45) is 0.905. The van der Waals surface area contributed by atoms with Crippen LogP contribution in [0.4, 0.5) is 5.82 Å². The Balaban J connectivity index is 2.79. The number of nitrogens with zero attached hydrogens (tertiary/aromatic N) is 1. The van der Waals surface area contributed by atoms with Crippen molar-refractivity contribution in [2.24, 2.45) is 5.92 Å². The second-order valence-corrected chi connectivity index (χ2v) is 3.98. The first kappa shape index (κ1) is 8.83. The van der Waals surface area contributed by atoms with Gasteiger partial charge in [-0.3, -0.25) is 0 Å². The van der Waals surface area contributed by atoms with E-state index >= 15 is 0 Å². The molecule has 0 atom stereocenters. The molecule has 0 saturated carbocycles. The zero-order chi connectivity index (χ0) is 8.43. The monoisotopic (exact) mass is 266 g/mol. The number of halogens is 1. The molecule has 4 heteroatoms. The van der Waals surface area contributed by atoms with Crippen molar-refractivity contribution in [3.05, 3.63) is 9.33 Å². The fraction of sp³-hybridized carbons (Fsp3) is 0.571. The number of anilines is 1. The van der Waals surface area contributed by atoms with Crippen LogP contribution in [0.1, 0.15) is 19.6 Å². The summed E-state index contributed by atoms with van der Waals surface area (Å²) in [6.45, 7) is 4.27. The quantitative estimate of drug-likeness (QED) is 0.833. The number of hydrogen-bond acceptors (Lipinski definition) is 3. The van der Waals surface area contributed by atoms with Crippen LogP contribution in [0, 0.1) is 9.49 Å². The number of hydrogen-bond donors (Lipinski definition) is 1. The molecule has 0 radical (unpaired) electrons. The maximum Gasteiger partial charge on any atom is 0.180 e. The van der Waals surface area contributed by atoms with Gasteiger partial charge in [-0.05, 0) is 28.5 Å². The largest absolute Gasteiger partial charge is 0.380 e. The molecular formula is C7H11IN2O. The molecule has 0 aliphatic carbocycles. The minimum atomic E-state index is 0.501. The van der Waals surface area contributed by atoms with Crippen LogP contribution in [0.5, 0.6) is 0 Å². The highest BCUT2D eigenvalue weighted by Crippen LogP contribution is 2.20. The SMILES string of the molecule is CC(C)Cc1onc(N)c1I. The normalized spacial score (nSPS) is 10.9. The third kappa shape index (κ3) is 2.08. The standard InChI is InChI=1S/C7H11IN2O/c1-4(2)3-5-6(8)7(9)10-11-5/h4H,3H2,1-2H3,(H2,9,10). The van der Waals surface area contributed by atoms with Gasteiger partial charge in [0, 0.05) is 6.42 Å². The fourth-order valence-electron chi connectivity index (χ4n) is 0.825. The zero-order valence-corrected chi connectivity index (χ0v) is 8.75. The van der Waals surface area contributed by atoms with E-state index in [1.54, 1.807) is 0 Å². The van der Waals surface area contributed by atoms with E-state index in [1.165, 1.54) is 0 Å². The lowest BCUT2D eigenvalue weighted by molar-refractivity contribution is 0.370. The lowest BCUT2D eigenvalue weighted by Crippen LogP contribution is -1.94. The topological polar surface area (TPSA) is 52.0 Å². The van der Waals surface area contributed by atoms with Gasteiger partial charge in [0.2, 0.25) is 0 Å². The van der Waals surface area contributed by atoms with Crippen LogP contribution in [-0.4, -0.2) is 5.16 Å². The fourth-order valence-corrected chi connectivity index (χ4v) is 1.24. The Bertz CT molecular complexity index is 245. The molecule has 0 aromatic carbocycles. The van der Waals surface area contributed by atoms with Gasteiger partial charge < -0.3 is 10.3 Å². The smallest absolute Gasteiger partial charge is 0.180 e. The molecule has 0 unspecified atom stereocenters. The molecule has 0 aliphatic heterocycles. The molecule has 2 N–H and O–H groups in total. The van der Waals surface area contributed by atoms with Crippen LogP contribution in [-0.2, 0) is 6.42 Å². The van der Waals surface area contributed by atoms with E-state index in [9.17, 15) is 0 Å². The van der Waals surface area contributed by atoms with Crippen LogP contribution in [0.2, 0.25) is 0 Å². The third-order valence-electron chi connectivity index (χ3n) is 1.32. The molecule has 11 heavy (non-hydrogen) atoms. The van der Waals surface area contributed by atoms with Gasteiger partial charge in [-0.2, -0.15) is 0 Å². The molecule has 1 aromatic heterocycles. The van der Waals surface area contributed by atoms with Crippen molar-refractivity contribution in [2.75, 3.05) is 5.73 Å². The van der Waals surface area contributed by atoms with Crippen molar-refractivity contribution in [3.63, 3.8) is 0 Å². The van der Waals surface area contributed by atoms with Crippen LogP contribution in [0.15, 0.2) is 4.52 Å². The van der Waals surface area contributed by atoms with E-state index in [4.69, 9.17) is 10.3 Å². The Morgan fingerprint density at radius 2 is 2.27 bits per heavy atom. The average molecular weight is 266 g/mol. The second kappa shape index (κ2) is 3.42. The Morgan fingerprint density at radius 3 is 2.64 bits per heavy atom.